The number of carbonyl (C=O) groups excluding carboxylic acids is 2. The van der Waals surface area contributed by atoms with E-state index in [4.69, 9.17) is 17.3 Å². The zero-order chi connectivity index (χ0) is 25.8. The molecule has 0 unspecified atom stereocenters. The Morgan fingerprint density at radius 2 is 1.61 bits per heavy atom. The maximum absolute atomic E-state index is 11.3. The van der Waals surface area contributed by atoms with Gasteiger partial charge in [-0.2, -0.15) is 5.10 Å². The van der Waals surface area contributed by atoms with E-state index in [0.29, 0.717) is 28.5 Å². The number of carbonyl (C=O) groups is 2. The van der Waals surface area contributed by atoms with Gasteiger partial charge in [-0.3, -0.25) is 14.6 Å². The highest BCUT2D eigenvalue weighted by Gasteiger charge is 2.13. The van der Waals surface area contributed by atoms with Crippen molar-refractivity contribution in [2.24, 2.45) is 27.4 Å². The molecule has 8 N–H and O–H groups in total. The van der Waals surface area contributed by atoms with Crippen LogP contribution in [0.2, 0.25) is 0 Å². The van der Waals surface area contributed by atoms with E-state index in [0.717, 1.165) is 0 Å². The first-order chi connectivity index (χ1) is 17.3. The number of benzene rings is 2. The number of hydrogen-bond acceptors (Lipinski definition) is 10. The molecule has 2 aromatic heterocycles. The molecule has 0 aliphatic rings. The minimum absolute atomic E-state index is 0.0113. The fourth-order valence-electron chi connectivity index (χ4n) is 3.21. The second-order valence-corrected chi connectivity index (χ2v) is 7.36. The quantitative estimate of drug-likeness (QED) is 0.144. The number of hydrogen-bond donors (Lipinski definition) is 5. The Morgan fingerprint density at radius 1 is 0.917 bits per heavy atom. The molecule has 2 amide bonds. The van der Waals surface area contributed by atoms with Crippen LogP contribution in [0.25, 0.3) is 17.1 Å². The highest BCUT2D eigenvalue weighted by molar-refractivity contribution is 6.38. The van der Waals surface area contributed by atoms with E-state index in [-0.39, 0.29) is 28.3 Å². The number of rotatable bonds is 7. The van der Waals surface area contributed by atoms with Gasteiger partial charge in [0.1, 0.15) is 22.9 Å². The molecule has 0 saturated carbocycles. The fourth-order valence-corrected chi connectivity index (χ4v) is 3.21. The lowest BCUT2D eigenvalue weighted by molar-refractivity contribution is 0.0989. The van der Waals surface area contributed by atoms with Crippen LogP contribution in [-0.4, -0.2) is 53.9 Å². The van der Waals surface area contributed by atoms with Gasteiger partial charge in [-0.1, -0.05) is 11.3 Å². The van der Waals surface area contributed by atoms with Crippen molar-refractivity contribution in [1.82, 2.24) is 20.0 Å². The molecular weight excluding hydrogens is 466 g/mol. The van der Waals surface area contributed by atoms with Crippen molar-refractivity contribution < 1.29 is 19.8 Å². The third-order valence-corrected chi connectivity index (χ3v) is 5.00. The summed E-state index contributed by atoms with van der Waals surface area (Å²) in [6, 6.07) is 13.5. The van der Waals surface area contributed by atoms with Gasteiger partial charge in [-0.05, 0) is 36.4 Å². The summed E-state index contributed by atoms with van der Waals surface area (Å²) in [6.07, 6.45) is 2.94. The highest BCUT2D eigenvalue weighted by Crippen LogP contribution is 2.24. The van der Waals surface area contributed by atoms with Crippen molar-refractivity contribution in [3.05, 3.63) is 77.6 Å². The Kier molecular flexibility index (Phi) is 6.36. The molecule has 4 aromatic rings. The van der Waals surface area contributed by atoms with Gasteiger partial charge in [0.25, 0.3) is 11.8 Å². The van der Waals surface area contributed by atoms with E-state index >= 15 is 0 Å². The van der Waals surface area contributed by atoms with Gasteiger partial charge in [-0.25, -0.2) is 9.67 Å². The van der Waals surface area contributed by atoms with E-state index in [2.05, 4.69) is 25.4 Å². The lowest BCUT2D eigenvalue weighted by atomic mass is 10.1. The lowest BCUT2D eigenvalue weighted by Crippen LogP contribution is -2.11. The molecule has 0 saturated heterocycles. The minimum Gasteiger partial charge on any atom is -0.507 e. The van der Waals surface area contributed by atoms with Crippen LogP contribution in [-0.2, 0) is 0 Å². The summed E-state index contributed by atoms with van der Waals surface area (Å²) < 4.78 is 1.40. The van der Waals surface area contributed by atoms with Gasteiger partial charge in [0, 0.05) is 12.1 Å². The van der Waals surface area contributed by atoms with Gasteiger partial charge in [0.2, 0.25) is 0 Å². The van der Waals surface area contributed by atoms with E-state index < -0.39 is 11.8 Å². The summed E-state index contributed by atoms with van der Waals surface area (Å²) in [5.41, 5.74) is 12.6. The number of aromatic nitrogens is 4. The molecule has 2 heterocycles. The zero-order valence-electron chi connectivity index (χ0n) is 18.5. The van der Waals surface area contributed by atoms with Gasteiger partial charge < -0.3 is 27.5 Å². The normalized spacial score (nSPS) is 11.6. The molecule has 0 spiro atoms. The number of nitrogens with two attached hydrogens (primary N) is 3. The van der Waals surface area contributed by atoms with Crippen LogP contribution in [0.1, 0.15) is 26.4 Å². The fraction of sp³-hybridized carbons (Fsp3) is 0. The number of phenols is 2. The van der Waals surface area contributed by atoms with E-state index in [1.165, 1.54) is 41.2 Å². The Labute approximate surface area is 203 Å². The molecule has 13 nitrogen and oxygen atoms in total. The number of pyridine rings is 1. The molecule has 0 bridgehead atoms. The lowest BCUT2D eigenvalue weighted by Gasteiger charge is -2.04. The monoisotopic (exact) mass is 485 g/mol. The predicted octanol–water partition coefficient (Wildman–Crippen LogP) is 1.00. The number of hydrazone groups is 1. The van der Waals surface area contributed by atoms with Crippen molar-refractivity contribution in [3.63, 3.8) is 0 Å². The molecule has 0 aliphatic carbocycles. The summed E-state index contributed by atoms with van der Waals surface area (Å²) in [4.78, 5) is 31.3. The number of nitrogens with zero attached hydrogens (tertiary/aromatic N) is 6. The number of primary amides is 2. The molecular formula is C23H19N9O4. The van der Waals surface area contributed by atoms with Crippen LogP contribution >= 0.6 is 0 Å². The Bertz CT molecular complexity index is 1540. The molecule has 13 heteroatoms. The first kappa shape index (κ1) is 23.6. The van der Waals surface area contributed by atoms with E-state index in [1.807, 2.05) is 0 Å². The third kappa shape index (κ3) is 4.84. The van der Waals surface area contributed by atoms with Crippen LogP contribution in [0.15, 0.2) is 70.9 Å². The van der Waals surface area contributed by atoms with Gasteiger partial charge in [0.15, 0.2) is 0 Å². The largest absolute Gasteiger partial charge is 0.507 e. The second kappa shape index (κ2) is 9.72. The van der Waals surface area contributed by atoms with E-state index in [1.54, 1.807) is 30.5 Å². The Balaban J connectivity index is 1.58. The van der Waals surface area contributed by atoms with Crippen LogP contribution < -0.4 is 17.3 Å². The summed E-state index contributed by atoms with van der Waals surface area (Å²) in [6.45, 7) is 0. The Hall–Kier alpha value is -5.59. The smallest absolute Gasteiger partial charge is 0.252 e. The van der Waals surface area contributed by atoms with Crippen molar-refractivity contribution in [1.29, 1.82) is 0 Å². The average Bonchev–Trinajstić information content (AvgIpc) is 3.35. The van der Waals surface area contributed by atoms with Crippen molar-refractivity contribution in [2.45, 2.75) is 0 Å². The minimum atomic E-state index is -0.760. The van der Waals surface area contributed by atoms with Crippen molar-refractivity contribution >= 4 is 29.4 Å². The maximum Gasteiger partial charge on any atom is 0.252 e. The summed E-state index contributed by atoms with van der Waals surface area (Å²) in [5.74, 6) is 3.45. The standard InChI is InChI=1S/C23H19N9O4/c24-22(35)14-6-4-12(8-20(14)33)27-10-18(29-26)16-2-1-3-17(28-16)19-11-32(31-30-19)13-5-7-15(23(25)36)21(34)9-13/h1-11,33-34H,26H2,(H2,24,35)(H2,25,36)/b27-10?,29-18+. The van der Waals surface area contributed by atoms with Crippen LogP contribution in [0, 0.1) is 0 Å². The molecule has 0 radical (unpaired) electrons. The topological polar surface area (TPSA) is 221 Å². The molecule has 36 heavy (non-hydrogen) atoms. The summed E-state index contributed by atoms with van der Waals surface area (Å²) in [7, 11) is 0. The predicted molar refractivity (Wildman–Crippen MR) is 130 cm³/mol. The first-order valence-corrected chi connectivity index (χ1v) is 10.2. The van der Waals surface area contributed by atoms with Crippen LogP contribution in [0.3, 0.4) is 0 Å². The van der Waals surface area contributed by atoms with Crippen molar-refractivity contribution in [3.8, 4) is 28.6 Å². The van der Waals surface area contributed by atoms with Gasteiger partial charge in [-0.15, -0.1) is 5.10 Å². The maximum atomic E-state index is 11.3. The molecule has 0 atom stereocenters. The zero-order valence-corrected chi connectivity index (χ0v) is 18.5. The summed E-state index contributed by atoms with van der Waals surface area (Å²) >= 11 is 0. The van der Waals surface area contributed by atoms with E-state index in [9.17, 15) is 19.8 Å². The SMILES string of the molecule is N/N=C(\C=Nc1ccc(C(N)=O)c(O)c1)c1cccc(-c2cn(-c3ccc(C(N)=O)c(O)c3)nn2)n1. The van der Waals surface area contributed by atoms with Crippen LogP contribution in [0.5, 0.6) is 11.5 Å². The molecule has 180 valence electrons. The number of aromatic hydroxyl groups is 2. The molecule has 4 rings (SSSR count). The second-order valence-electron chi connectivity index (χ2n) is 7.36. The highest BCUT2D eigenvalue weighted by atomic mass is 16.3. The first-order valence-electron chi connectivity index (χ1n) is 10.2. The van der Waals surface area contributed by atoms with Gasteiger partial charge in [0.05, 0.1) is 46.3 Å². The average molecular weight is 485 g/mol. The van der Waals surface area contributed by atoms with Gasteiger partial charge >= 0.3 is 0 Å². The van der Waals surface area contributed by atoms with Crippen molar-refractivity contribution in [2.75, 3.05) is 0 Å². The molecule has 0 fully saturated rings. The number of aliphatic imine (C=N–C) groups is 1. The number of amides is 2. The molecule has 2 aromatic carbocycles. The Morgan fingerprint density at radius 3 is 2.25 bits per heavy atom. The van der Waals surface area contributed by atoms with Crippen LogP contribution in [0.4, 0.5) is 5.69 Å². The summed E-state index contributed by atoms with van der Waals surface area (Å²) in [5, 5.41) is 31.8. The molecule has 0 aliphatic heterocycles. The third-order valence-electron chi connectivity index (χ3n) is 5.00.